The number of benzene rings is 1. The summed E-state index contributed by atoms with van der Waals surface area (Å²) in [5.74, 6) is 0. The first-order valence-corrected chi connectivity index (χ1v) is 7.52. The van der Waals surface area contributed by atoms with Crippen LogP contribution in [0.4, 0.5) is 0 Å². The maximum atomic E-state index is 9.27. The molecular formula is C16H14N4S. The molecule has 21 heavy (non-hydrogen) atoms. The molecule has 3 aromatic rings. The van der Waals surface area contributed by atoms with Gasteiger partial charge in [-0.2, -0.15) is 5.26 Å². The van der Waals surface area contributed by atoms with E-state index in [4.69, 9.17) is 0 Å². The molecule has 0 N–H and O–H groups in total. The molecule has 0 aliphatic heterocycles. The highest BCUT2D eigenvalue weighted by atomic mass is 32.1. The van der Waals surface area contributed by atoms with Gasteiger partial charge < -0.3 is 0 Å². The maximum absolute atomic E-state index is 9.27. The van der Waals surface area contributed by atoms with Crippen molar-refractivity contribution in [2.45, 2.75) is 20.3 Å². The minimum Gasteiger partial charge on any atom is -0.216 e. The van der Waals surface area contributed by atoms with Crippen molar-refractivity contribution in [1.29, 1.82) is 5.26 Å². The van der Waals surface area contributed by atoms with Crippen molar-refractivity contribution in [2.75, 3.05) is 0 Å². The molecule has 0 fully saturated rings. The summed E-state index contributed by atoms with van der Waals surface area (Å²) in [7, 11) is 0. The van der Waals surface area contributed by atoms with Gasteiger partial charge in [-0.1, -0.05) is 23.4 Å². The predicted molar refractivity (Wildman–Crippen MR) is 82.7 cm³/mol. The highest BCUT2D eigenvalue weighted by Crippen LogP contribution is 2.22. The number of aromatic nitrogens is 3. The molecule has 3 rings (SSSR count). The van der Waals surface area contributed by atoms with Gasteiger partial charge in [0, 0.05) is 11.3 Å². The lowest BCUT2D eigenvalue weighted by Gasteiger charge is -2.10. The van der Waals surface area contributed by atoms with Crippen molar-refractivity contribution in [3.63, 3.8) is 0 Å². The van der Waals surface area contributed by atoms with E-state index in [0.29, 0.717) is 12.1 Å². The fourth-order valence-corrected chi connectivity index (χ4v) is 2.99. The van der Waals surface area contributed by atoms with E-state index < -0.39 is 0 Å². The standard InChI is InChI=1S/C16H14N4S/c1-11-5-3-7-15(12(11)2)20-16(14(10-17)18-19-20)9-13-6-4-8-21-13/h3-8H,9H2,1-2H3. The van der Waals surface area contributed by atoms with E-state index in [1.54, 1.807) is 16.0 Å². The minimum absolute atomic E-state index is 0.393. The Kier molecular flexibility index (Phi) is 3.55. The molecule has 0 saturated heterocycles. The number of nitrogens with zero attached hydrogens (tertiary/aromatic N) is 4. The molecule has 0 unspecified atom stereocenters. The average Bonchev–Trinajstić information content (AvgIpc) is 3.12. The van der Waals surface area contributed by atoms with Crippen LogP contribution in [0.2, 0.25) is 0 Å². The number of hydrogen-bond donors (Lipinski definition) is 0. The van der Waals surface area contributed by atoms with Crippen LogP contribution in [0.1, 0.15) is 27.4 Å². The Hall–Kier alpha value is -2.45. The van der Waals surface area contributed by atoms with Crippen molar-refractivity contribution in [1.82, 2.24) is 15.0 Å². The quantitative estimate of drug-likeness (QED) is 0.744. The lowest BCUT2D eigenvalue weighted by molar-refractivity contribution is 0.768. The fraction of sp³-hybridized carbons (Fsp3) is 0.188. The van der Waals surface area contributed by atoms with Crippen LogP contribution in [-0.4, -0.2) is 15.0 Å². The summed E-state index contributed by atoms with van der Waals surface area (Å²) in [5.41, 5.74) is 4.57. The Labute approximate surface area is 127 Å². The van der Waals surface area contributed by atoms with Crippen molar-refractivity contribution in [3.8, 4) is 11.8 Å². The van der Waals surface area contributed by atoms with E-state index in [-0.39, 0.29) is 0 Å². The Morgan fingerprint density at radius 2 is 2.10 bits per heavy atom. The normalized spacial score (nSPS) is 10.5. The second kappa shape index (κ2) is 5.51. The molecule has 2 aromatic heterocycles. The summed E-state index contributed by atoms with van der Waals surface area (Å²) in [6.07, 6.45) is 0.668. The lowest BCUT2D eigenvalue weighted by Crippen LogP contribution is -2.06. The Balaban J connectivity index is 2.13. The molecule has 0 aliphatic carbocycles. The van der Waals surface area contributed by atoms with Gasteiger partial charge in [0.1, 0.15) is 6.07 Å². The first-order chi connectivity index (χ1) is 10.2. The van der Waals surface area contributed by atoms with Gasteiger partial charge in [0.15, 0.2) is 5.69 Å². The van der Waals surface area contributed by atoms with E-state index in [1.165, 1.54) is 10.4 Å². The van der Waals surface area contributed by atoms with E-state index >= 15 is 0 Å². The van der Waals surface area contributed by atoms with Crippen LogP contribution in [0, 0.1) is 25.2 Å². The Bertz CT molecular complexity index is 809. The zero-order valence-corrected chi connectivity index (χ0v) is 12.7. The molecule has 104 valence electrons. The molecule has 0 saturated carbocycles. The molecule has 1 aromatic carbocycles. The number of thiophene rings is 1. The van der Waals surface area contributed by atoms with Crippen LogP contribution in [0.3, 0.4) is 0 Å². The van der Waals surface area contributed by atoms with E-state index in [0.717, 1.165) is 16.9 Å². The summed E-state index contributed by atoms with van der Waals surface area (Å²) < 4.78 is 1.79. The summed E-state index contributed by atoms with van der Waals surface area (Å²) >= 11 is 1.67. The topological polar surface area (TPSA) is 54.5 Å². The number of rotatable bonds is 3. The molecular weight excluding hydrogens is 280 g/mol. The monoisotopic (exact) mass is 294 g/mol. The van der Waals surface area contributed by atoms with Crippen LogP contribution in [-0.2, 0) is 6.42 Å². The van der Waals surface area contributed by atoms with E-state index in [2.05, 4.69) is 42.4 Å². The summed E-state index contributed by atoms with van der Waals surface area (Å²) in [5, 5.41) is 19.5. The van der Waals surface area contributed by atoms with Gasteiger partial charge >= 0.3 is 0 Å². The number of nitriles is 1. The van der Waals surface area contributed by atoms with Gasteiger partial charge in [-0.05, 0) is 42.5 Å². The first-order valence-electron chi connectivity index (χ1n) is 6.64. The second-order valence-corrected chi connectivity index (χ2v) is 5.92. The van der Waals surface area contributed by atoms with Crippen molar-refractivity contribution in [2.24, 2.45) is 0 Å². The third-order valence-electron chi connectivity index (χ3n) is 3.60. The van der Waals surface area contributed by atoms with Gasteiger partial charge in [0.25, 0.3) is 0 Å². The summed E-state index contributed by atoms with van der Waals surface area (Å²) in [6.45, 7) is 4.13. The van der Waals surface area contributed by atoms with Crippen molar-refractivity contribution < 1.29 is 0 Å². The highest BCUT2D eigenvalue weighted by molar-refractivity contribution is 7.09. The van der Waals surface area contributed by atoms with Crippen LogP contribution in [0.25, 0.3) is 5.69 Å². The predicted octanol–water partition coefficient (Wildman–Crippen LogP) is 3.41. The molecule has 0 spiro atoms. The van der Waals surface area contributed by atoms with Gasteiger partial charge in [-0.3, -0.25) is 0 Å². The lowest BCUT2D eigenvalue weighted by atomic mass is 10.1. The molecule has 4 nitrogen and oxygen atoms in total. The van der Waals surface area contributed by atoms with Crippen LogP contribution in [0.15, 0.2) is 35.7 Å². The number of hydrogen-bond acceptors (Lipinski definition) is 4. The molecule has 0 radical (unpaired) electrons. The molecule has 0 bridgehead atoms. The van der Waals surface area contributed by atoms with Crippen LogP contribution >= 0.6 is 11.3 Å². The SMILES string of the molecule is Cc1cccc(-n2nnc(C#N)c2Cc2cccs2)c1C. The van der Waals surface area contributed by atoms with Crippen LogP contribution < -0.4 is 0 Å². The highest BCUT2D eigenvalue weighted by Gasteiger charge is 2.16. The van der Waals surface area contributed by atoms with E-state index in [1.807, 2.05) is 23.6 Å². The van der Waals surface area contributed by atoms with Crippen LogP contribution in [0.5, 0.6) is 0 Å². The maximum Gasteiger partial charge on any atom is 0.186 e. The Morgan fingerprint density at radius 3 is 2.81 bits per heavy atom. The summed E-state index contributed by atoms with van der Waals surface area (Å²) in [4.78, 5) is 1.19. The fourth-order valence-electron chi connectivity index (χ4n) is 2.28. The largest absolute Gasteiger partial charge is 0.216 e. The zero-order valence-electron chi connectivity index (χ0n) is 11.9. The smallest absolute Gasteiger partial charge is 0.186 e. The Morgan fingerprint density at radius 1 is 1.24 bits per heavy atom. The molecule has 5 heteroatoms. The average molecular weight is 294 g/mol. The van der Waals surface area contributed by atoms with Gasteiger partial charge in [0.05, 0.1) is 11.4 Å². The molecule has 2 heterocycles. The molecule has 0 amide bonds. The first kappa shape index (κ1) is 13.5. The molecule has 0 atom stereocenters. The third kappa shape index (κ3) is 2.46. The van der Waals surface area contributed by atoms with Gasteiger partial charge in [-0.15, -0.1) is 16.4 Å². The summed E-state index contributed by atoms with van der Waals surface area (Å²) in [6, 6.07) is 12.3. The zero-order chi connectivity index (χ0) is 14.8. The van der Waals surface area contributed by atoms with Gasteiger partial charge in [0.2, 0.25) is 0 Å². The van der Waals surface area contributed by atoms with E-state index in [9.17, 15) is 5.26 Å². The van der Waals surface area contributed by atoms with Crippen molar-refractivity contribution in [3.05, 3.63) is 63.1 Å². The number of aryl methyl sites for hydroxylation is 1. The minimum atomic E-state index is 0.393. The van der Waals surface area contributed by atoms with Gasteiger partial charge in [-0.25, -0.2) is 4.68 Å². The second-order valence-electron chi connectivity index (χ2n) is 4.88. The third-order valence-corrected chi connectivity index (χ3v) is 4.47. The van der Waals surface area contributed by atoms with Crippen molar-refractivity contribution >= 4 is 11.3 Å². The molecule has 0 aliphatic rings.